The van der Waals surface area contributed by atoms with Gasteiger partial charge < -0.3 is 50.8 Å². The molecule has 5 atom stereocenters. The number of hydrogen-bond donors (Lipinski definition) is 8. The number of aliphatic hydroxyl groups excluding tert-OH is 2. The number of imidazole rings is 1. The first kappa shape index (κ1) is 31.6. The number of aliphatic hydroxyl groups is 2. The predicted molar refractivity (Wildman–Crippen MR) is 140 cm³/mol. The molecule has 4 heterocycles. The maximum absolute atomic E-state index is 10.7. The molecule has 222 valence electrons. The highest BCUT2D eigenvalue weighted by atomic mass is 31.2. The lowest BCUT2D eigenvalue weighted by Crippen LogP contribution is -2.33. The molecule has 0 aliphatic carbocycles. The van der Waals surface area contributed by atoms with Crippen molar-refractivity contribution in [1.29, 1.82) is 0 Å². The van der Waals surface area contributed by atoms with Crippen molar-refractivity contribution in [2.24, 2.45) is 5.73 Å². The topological polar surface area (TPSA) is 283 Å². The summed E-state index contributed by atoms with van der Waals surface area (Å²) in [5, 5.41) is 36.9. The molecule has 0 bridgehead atoms. The molecule has 1 fully saturated rings. The van der Waals surface area contributed by atoms with E-state index >= 15 is 0 Å². The number of ether oxygens (including phenoxy) is 1. The zero-order valence-corrected chi connectivity index (χ0v) is 22.1. The van der Waals surface area contributed by atoms with Gasteiger partial charge in [-0.15, -0.1) is 0 Å². The number of phosphoric acid groups is 1. The van der Waals surface area contributed by atoms with Crippen LogP contribution in [-0.2, 0) is 25.0 Å². The second-order valence-electron chi connectivity index (χ2n) is 8.50. The number of hydrogen-bond acceptors (Lipinski definition) is 13. The fraction of sp³-hybridized carbons (Fsp3) is 0.304. The minimum atomic E-state index is -4.72. The van der Waals surface area contributed by atoms with Crippen molar-refractivity contribution in [3.05, 3.63) is 66.9 Å². The third kappa shape index (κ3) is 9.04. The summed E-state index contributed by atoms with van der Waals surface area (Å²) >= 11 is 0. The highest BCUT2D eigenvalue weighted by Gasteiger charge is 2.45. The average molecular weight is 596 g/mol. The molecule has 0 amide bonds. The standard InChI is InChI=1S/C10H14N5O7P.C9H11NO2.C4H4O2/c11-8-5-9(13-2-12-8)15(3-14-5)10-7(17)6(16)4(22-10)1-21-23(18,19)20;10-8(9(11)12)6-7-4-2-1-3-5-7;5-4-2-1-3-6-4/h2-4,6-7,10,16-17H,1H2,(H2,11,12,13)(H2,18,19,20);1-5,8H,6,10H2,(H,11,12);1-3,5H/t4-,6-,7-,10-;8-;/m10./s1. The molecule has 10 N–H and O–H groups in total. The minimum absolute atomic E-state index is 0.0324. The van der Waals surface area contributed by atoms with E-state index in [1.54, 1.807) is 6.07 Å². The number of furan rings is 1. The van der Waals surface area contributed by atoms with Crippen LogP contribution >= 0.6 is 7.82 Å². The molecule has 41 heavy (non-hydrogen) atoms. The Morgan fingerprint density at radius 1 is 1.10 bits per heavy atom. The van der Waals surface area contributed by atoms with Crippen molar-refractivity contribution < 1.29 is 53.3 Å². The quantitative estimate of drug-likeness (QED) is 0.128. The van der Waals surface area contributed by atoms with Crippen LogP contribution in [0.2, 0.25) is 0 Å². The van der Waals surface area contributed by atoms with Crippen molar-refractivity contribution in [3.8, 4) is 5.95 Å². The Hall–Kier alpha value is -3.93. The molecular formula is C23H29N6O11P. The van der Waals surface area contributed by atoms with Crippen LogP contribution in [0.15, 0.2) is 65.8 Å². The zero-order chi connectivity index (χ0) is 30.2. The maximum atomic E-state index is 10.7. The summed E-state index contributed by atoms with van der Waals surface area (Å²) in [6.07, 6.45) is -0.693. The molecule has 17 nitrogen and oxygen atoms in total. The fourth-order valence-electron chi connectivity index (χ4n) is 3.55. The second-order valence-corrected chi connectivity index (χ2v) is 9.74. The number of aromatic nitrogens is 4. The summed E-state index contributed by atoms with van der Waals surface area (Å²) in [7, 11) is -4.72. The van der Waals surface area contributed by atoms with Crippen LogP contribution in [0, 0.1) is 0 Å². The number of fused-ring (bicyclic) bond motifs is 1. The minimum Gasteiger partial charge on any atom is -0.481 e. The summed E-state index contributed by atoms with van der Waals surface area (Å²) in [5.41, 5.74) is 12.5. The number of aliphatic carboxylic acids is 1. The van der Waals surface area contributed by atoms with E-state index in [-0.39, 0.29) is 17.4 Å². The Kier molecular flexibility index (Phi) is 10.9. The predicted octanol–water partition coefficient (Wildman–Crippen LogP) is -0.237. The Balaban J connectivity index is 0.000000212. The highest BCUT2D eigenvalue weighted by Crippen LogP contribution is 2.38. The van der Waals surface area contributed by atoms with Crippen molar-refractivity contribution in [2.45, 2.75) is 37.0 Å². The normalized spacial score (nSPS) is 20.9. The first-order valence-electron chi connectivity index (χ1n) is 11.8. The van der Waals surface area contributed by atoms with Gasteiger partial charge in [0.15, 0.2) is 17.7 Å². The van der Waals surface area contributed by atoms with E-state index in [2.05, 4.69) is 23.9 Å². The number of carboxylic acids is 1. The van der Waals surface area contributed by atoms with Crippen LogP contribution in [-0.4, -0.2) is 86.7 Å². The molecule has 1 aromatic carbocycles. The molecule has 18 heteroatoms. The number of benzene rings is 1. The number of phosphoric ester groups is 1. The van der Waals surface area contributed by atoms with E-state index in [4.69, 9.17) is 36.2 Å². The Morgan fingerprint density at radius 2 is 1.80 bits per heavy atom. The van der Waals surface area contributed by atoms with Gasteiger partial charge >= 0.3 is 13.8 Å². The van der Waals surface area contributed by atoms with Crippen LogP contribution in [0.25, 0.3) is 11.2 Å². The monoisotopic (exact) mass is 596 g/mol. The largest absolute Gasteiger partial charge is 0.481 e. The van der Waals surface area contributed by atoms with E-state index < -0.39 is 51.0 Å². The SMILES string of the molecule is N[C@@H](Cc1ccccc1)C(=O)O.Nc1ncnc2c1ncn2[C@@H]1O[C@H](COP(=O)(O)O)[C@@H](O)[C@H]1O.Oc1ccco1. The third-order valence-electron chi connectivity index (χ3n) is 5.53. The van der Waals surface area contributed by atoms with Crippen molar-refractivity contribution in [2.75, 3.05) is 12.3 Å². The molecule has 1 aliphatic rings. The number of rotatable bonds is 7. The molecule has 4 aromatic rings. The molecular weight excluding hydrogens is 567 g/mol. The van der Waals surface area contributed by atoms with Crippen LogP contribution in [0.3, 0.4) is 0 Å². The molecule has 1 aliphatic heterocycles. The second kappa shape index (κ2) is 14.1. The number of carboxylic acid groups (broad SMARTS) is 1. The van der Waals surface area contributed by atoms with E-state index in [9.17, 15) is 19.6 Å². The van der Waals surface area contributed by atoms with Gasteiger partial charge in [0.1, 0.15) is 36.2 Å². The van der Waals surface area contributed by atoms with Crippen molar-refractivity contribution >= 4 is 30.8 Å². The Bertz CT molecular complexity index is 1430. The number of nitrogen functional groups attached to an aromatic ring is 1. The summed E-state index contributed by atoms with van der Waals surface area (Å²) in [6.45, 7) is -0.594. The molecule has 1 saturated heterocycles. The van der Waals surface area contributed by atoms with E-state index in [0.29, 0.717) is 11.9 Å². The third-order valence-corrected chi connectivity index (χ3v) is 6.01. The first-order valence-corrected chi connectivity index (χ1v) is 13.3. The van der Waals surface area contributed by atoms with Crippen LogP contribution in [0.4, 0.5) is 5.82 Å². The smallest absolute Gasteiger partial charge is 0.469 e. The van der Waals surface area contributed by atoms with Gasteiger partial charge in [0, 0.05) is 6.07 Å². The van der Waals surface area contributed by atoms with Gasteiger partial charge in [-0.25, -0.2) is 19.5 Å². The lowest BCUT2D eigenvalue weighted by molar-refractivity contribution is -0.138. The van der Waals surface area contributed by atoms with Crippen LogP contribution in [0.1, 0.15) is 11.8 Å². The number of aromatic hydroxyl groups is 1. The lowest BCUT2D eigenvalue weighted by Gasteiger charge is -2.16. The van der Waals surface area contributed by atoms with Crippen LogP contribution in [0.5, 0.6) is 5.95 Å². The zero-order valence-electron chi connectivity index (χ0n) is 21.2. The number of nitrogens with two attached hydrogens (primary N) is 2. The van der Waals surface area contributed by atoms with Gasteiger partial charge in [-0.1, -0.05) is 30.3 Å². The van der Waals surface area contributed by atoms with Crippen LogP contribution < -0.4 is 11.5 Å². The molecule has 0 saturated carbocycles. The maximum Gasteiger partial charge on any atom is 0.469 e. The van der Waals surface area contributed by atoms with Crippen molar-refractivity contribution in [1.82, 2.24) is 19.5 Å². The Labute approximate surface area is 231 Å². The lowest BCUT2D eigenvalue weighted by atomic mass is 10.1. The van der Waals surface area contributed by atoms with E-state index in [0.717, 1.165) is 5.56 Å². The Morgan fingerprint density at radius 3 is 2.37 bits per heavy atom. The van der Waals surface area contributed by atoms with Gasteiger partial charge in [-0.05, 0) is 18.1 Å². The molecule has 3 aromatic heterocycles. The first-order chi connectivity index (χ1) is 19.4. The van der Waals surface area contributed by atoms with Gasteiger partial charge in [-0.2, -0.15) is 0 Å². The van der Waals surface area contributed by atoms with Gasteiger partial charge in [0.25, 0.3) is 5.95 Å². The summed E-state index contributed by atoms with van der Waals surface area (Å²) in [5.74, 6) is -0.850. The summed E-state index contributed by atoms with van der Waals surface area (Å²) in [4.78, 5) is 39.6. The number of carbonyl (C=O) groups is 1. The number of nitrogens with zero attached hydrogens (tertiary/aromatic N) is 4. The highest BCUT2D eigenvalue weighted by molar-refractivity contribution is 7.46. The molecule has 0 spiro atoms. The van der Waals surface area contributed by atoms with Gasteiger partial charge in [0.2, 0.25) is 0 Å². The van der Waals surface area contributed by atoms with E-state index in [1.165, 1.54) is 29.6 Å². The van der Waals surface area contributed by atoms with Gasteiger partial charge in [-0.3, -0.25) is 13.9 Å². The summed E-state index contributed by atoms with van der Waals surface area (Å²) in [6, 6.07) is 11.6. The average Bonchev–Trinajstić information content (AvgIpc) is 3.64. The molecule has 0 unspecified atom stereocenters. The molecule has 5 rings (SSSR count). The van der Waals surface area contributed by atoms with Gasteiger partial charge in [0.05, 0.1) is 19.2 Å². The summed E-state index contributed by atoms with van der Waals surface area (Å²) < 4.78 is 26.2. The number of anilines is 1. The fourth-order valence-corrected chi connectivity index (χ4v) is 3.89. The van der Waals surface area contributed by atoms with Crippen molar-refractivity contribution in [3.63, 3.8) is 0 Å². The molecule has 0 radical (unpaired) electrons. The van der Waals surface area contributed by atoms with E-state index in [1.807, 2.05) is 30.3 Å².